The molecule has 0 aliphatic heterocycles. The molecule has 0 aromatic heterocycles. The smallest absolute Gasteiger partial charge is 0.306 e. The highest BCUT2D eigenvalue weighted by Crippen LogP contribution is 2.61. The van der Waals surface area contributed by atoms with E-state index in [0.29, 0.717) is 43.8 Å². The summed E-state index contributed by atoms with van der Waals surface area (Å²) in [7, 11) is 0. The molecule has 5 nitrogen and oxygen atoms in total. The summed E-state index contributed by atoms with van der Waals surface area (Å²) < 4.78 is 12.1. The van der Waals surface area contributed by atoms with E-state index in [1.165, 1.54) is 83.5 Å². The van der Waals surface area contributed by atoms with Crippen molar-refractivity contribution in [3.05, 3.63) is 0 Å². The first-order valence-electron chi connectivity index (χ1n) is 16.9. The molecule has 5 heteroatoms. The number of ether oxygens (including phenoxy) is 2. The summed E-state index contributed by atoms with van der Waals surface area (Å²) >= 11 is 0. The Balaban J connectivity index is 1.48. The maximum Gasteiger partial charge on any atom is 0.306 e. The van der Waals surface area contributed by atoms with Gasteiger partial charge in [-0.1, -0.05) is 66.2 Å². The van der Waals surface area contributed by atoms with Gasteiger partial charge < -0.3 is 14.4 Å². The number of rotatable bonds is 20. The van der Waals surface area contributed by atoms with Crippen molar-refractivity contribution in [2.75, 3.05) is 32.8 Å². The predicted octanol–water partition coefficient (Wildman–Crippen LogP) is 8.34. The molecule has 0 heterocycles. The molecule has 226 valence electrons. The molecule has 0 N–H and O–H groups in total. The molecule has 4 rings (SSSR count). The van der Waals surface area contributed by atoms with E-state index < -0.39 is 0 Å². The topological polar surface area (TPSA) is 55.8 Å². The van der Waals surface area contributed by atoms with Gasteiger partial charge in [0.25, 0.3) is 0 Å². The van der Waals surface area contributed by atoms with Crippen molar-refractivity contribution >= 4 is 11.9 Å². The molecule has 0 aromatic carbocycles. The number of nitrogens with zero attached hydrogens (tertiary/aromatic N) is 1. The number of fused-ring (bicyclic) bond motifs is 1. The Bertz CT molecular complexity index is 709. The van der Waals surface area contributed by atoms with E-state index >= 15 is 0 Å². The highest BCUT2D eigenvalue weighted by Gasteiger charge is 2.54. The number of carbonyl (C=O) groups excluding carboxylic acids is 2. The molecule has 0 amide bonds. The molecule has 0 aromatic rings. The van der Waals surface area contributed by atoms with Crippen LogP contribution in [-0.2, 0) is 19.1 Å². The third-order valence-corrected chi connectivity index (χ3v) is 10.5. The Kier molecular flexibility index (Phi) is 13.6. The van der Waals surface area contributed by atoms with Crippen LogP contribution in [0.1, 0.15) is 143 Å². The van der Waals surface area contributed by atoms with Gasteiger partial charge in [-0.05, 0) is 102 Å². The number of carbonyl (C=O) groups is 2. The van der Waals surface area contributed by atoms with Crippen molar-refractivity contribution in [1.29, 1.82) is 0 Å². The lowest BCUT2D eigenvalue weighted by Crippen LogP contribution is -2.41. The Labute approximate surface area is 240 Å². The number of hydrogen-bond donors (Lipinski definition) is 0. The van der Waals surface area contributed by atoms with Crippen molar-refractivity contribution in [2.45, 2.75) is 143 Å². The highest BCUT2D eigenvalue weighted by molar-refractivity contribution is 5.70. The second-order valence-electron chi connectivity index (χ2n) is 13.8. The Morgan fingerprint density at radius 3 is 1.74 bits per heavy atom. The summed E-state index contributed by atoms with van der Waals surface area (Å²) in [6.07, 6.45) is 20.1. The largest absolute Gasteiger partial charge is 0.465 e. The van der Waals surface area contributed by atoms with Crippen LogP contribution in [0.25, 0.3) is 0 Å². The molecule has 2 unspecified atom stereocenters. The molecule has 0 spiro atoms. The zero-order chi connectivity index (χ0) is 28.1. The quantitative estimate of drug-likeness (QED) is 0.113. The Hall–Kier alpha value is -1.10. The lowest BCUT2D eigenvalue weighted by atomic mass is 9.58. The monoisotopic (exact) mass is 547 g/mol. The zero-order valence-corrected chi connectivity index (χ0v) is 26.1. The van der Waals surface area contributed by atoms with Crippen LogP contribution >= 0.6 is 0 Å². The molecule has 4 aliphatic rings. The first-order valence-corrected chi connectivity index (χ1v) is 16.9. The van der Waals surface area contributed by atoms with Crippen molar-refractivity contribution in [3.63, 3.8) is 0 Å². The zero-order valence-electron chi connectivity index (χ0n) is 26.1. The minimum atomic E-state index is -0.0219. The average molecular weight is 548 g/mol. The van der Waals surface area contributed by atoms with Crippen LogP contribution in [0.3, 0.4) is 0 Å². The van der Waals surface area contributed by atoms with E-state index in [0.717, 1.165) is 38.9 Å². The SMILES string of the molecule is CCCCCC(CCCCC)CC(=O)OCC12CCC3(COC(=O)CCCN(CC)CC)CC(CC(C3)C1)C2. The van der Waals surface area contributed by atoms with Crippen molar-refractivity contribution in [3.8, 4) is 0 Å². The maximum atomic E-state index is 13.0. The summed E-state index contributed by atoms with van der Waals surface area (Å²) in [5.74, 6) is 1.88. The van der Waals surface area contributed by atoms with Gasteiger partial charge in [0.2, 0.25) is 0 Å². The first-order chi connectivity index (χ1) is 18.8. The normalized spacial score (nSPS) is 27.7. The van der Waals surface area contributed by atoms with Crippen LogP contribution < -0.4 is 0 Å². The van der Waals surface area contributed by atoms with Gasteiger partial charge in [-0.2, -0.15) is 0 Å². The van der Waals surface area contributed by atoms with Gasteiger partial charge in [0.05, 0.1) is 13.2 Å². The number of hydrogen-bond acceptors (Lipinski definition) is 5. The first kappa shape index (κ1) is 32.4. The average Bonchev–Trinajstić information content (AvgIpc) is 3.10. The van der Waals surface area contributed by atoms with E-state index in [4.69, 9.17) is 9.47 Å². The van der Waals surface area contributed by atoms with E-state index in [2.05, 4.69) is 32.6 Å². The second kappa shape index (κ2) is 16.4. The number of esters is 2. The molecule has 4 bridgehead atoms. The van der Waals surface area contributed by atoms with Crippen molar-refractivity contribution in [2.24, 2.45) is 28.6 Å². The fraction of sp³-hybridized carbons (Fsp3) is 0.941. The molecular weight excluding hydrogens is 486 g/mol. The van der Waals surface area contributed by atoms with Crippen molar-refractivity contribution < 1.29 is 19.1 Å². The Morgan fingerprint density at radius 2 is 1.26 bits per heavy atom. The third kappa shape index (κ3) is 10.3. The lowest BCUT2D eigenvalue weighted by Gasteiger charge is -2.48. The highest BCUT2D eigenvalue weighted by atomic mass is 16.5. The van der Waals surface area contributed by atoms with Gasteiger partial charge in [-0.25, -0.2) is 0 Å². The third-order valence-electron chi connectivity index (χ3n) is 10.5. The van der Waals surface area contributed by atoms with E-state index in [-0.39, 0.29) is 22.8 Å². The molecule has 2 atom stereocenters. The van der Waals surface area contributed by atoms with Gasteiger partial charge in [-0.3, -0.25) is 9.59 Å². The van der Waals surface area contributed by atoms with Crippen LogP contribution in [0.15, 0.2) is 0 Å². The molecule has 0 radical (unpaired) electrons. The molecule has 0 saturated heterocycles. The molecular formula is C34H61NO4. The van der Waals surface area contributed by atoms with E-state index in [9.17, 15) is 9.59 Å². The summed E-state index contributed by atoms with van der Waals surface area (Å²) in [4.78, 5) is 28.0. The lowest BCUT2D eigenvalue weighted by molar-refractivity contribution is -0.151. The van der Waals surface area contributed by atoms with Crippen molar-refractivity contribution in [1.82, 2.24) is 4.90 Å². The fourth-order valence-electron chi connectivity index (χ4n) is 8.42. The summed E-state index contributed by atoms with van der Waals surface area (Å²) in [5, 5.41) is 0. The summed E-state index contributed by atoms with van der Waals surface area (Å²) in [5.41, 5.74) is 0.295. The molecule has 4 saturated carbocycles. The molecule has 39 heavy (non-hydrogen) atoms. The van der Waals surface area contributed by atoms with Crippen LogP contribution in [0.5, 0.6) is 0 Å². The number of unbranched alkanes of at least 4 members (excludes halogenated alkanes) is 4. The van der Waals surface area contributed by atoms with Gasteiger partial charge in [0.15, 0.2) is 0 Å². The standard InChI is InChI=1S/C34H61NO4/c1-5-9-11-14-28(15-12-10-6-2)21-32(37)39-27-34-18-17-33(22-29(24-34)20-30(23-33)25-34)26-38-31(36)16-13-19-35(7-3)8-4/h28-30H,5-27H2,1-4H3. The molecule has 4 fully saturated rings. The predicted molar refractivity (Wildman–Crippen MR) is 159 cm³/mol. The minimum absolute atomic E-state index is 0.0219. The van der Waals surface area contributed by atoms with Crippen LogP contribution in [0.4, 0.5) is 0 Å². The van der Waals surface area contributed by atoms with Gasteiger partial charge >= 0.3 is 11.9 Å². The minimum Gasteiger partial charge on any atom is -0.465 e. The van der Waals surface area contributed by atoms with Gasteiger partial charge in [0, 0.05) is 23.7 Å². The second-order valence-corrected chi connectivity index (χ2v) is 13.8. The summed E-state index contributed by atoms with van der Waals surface area (Å²) in [6.45, 7) is 13.1. The van der Waals surface area contributed by atoms with Crippen LogP contribution in [0.2, 0.25) is 0 Å². The fourth-order valence-corrected chi connectivity index (χ4v) is 8.42. The van der Waals surface area contributed by atoms with Gasteiger partial charge in [0.1, 0.15) is 0 Å². The van der Waals surface area contributed by atoms with Gasteiger partial charge in [-0.15, -0.1) is 0 Å². The molecule has 4 aliphatic carbocycles. The summed E-state index contributed by atoms with van der Waals surface area (Å²) in [6, 6.07) is 0. The maximum absolute atomic E-state index is 13.0. The van der Waals surface area contributed by atoms with Crippen LogP contribution in [-0.4, -0.2) is 49.7 Å². The van der Waals surface area contributed by atoms with E-state index in [1.54, 1.807) is 0 Å². The van der Waals surface area contributed by atoms with E-state index in [1.807, 2.05) is 0 Å². The Morgan fingerprint density at radius 1 is 0.744 bits per heavy atom. The van der Waals surface area contributed by atoms with Crippen LogP contribution in [0, 0.1) is 28.6 Å².